The number of benzene rings is 1. The fraction of sp³-hybridized carbons (Fsp3) is 0.542. The molecule has 3 atom stereocenters. The average molecular weight is 439 g/mol. The van der Waals surface area contributed by atoms with Gasteiger partial charge in [0.25, 0.3) is 0 Å². The Morgan fingerprint density at radius 2 is 1.94 bits per heavy atom. The second-order valence-corrected chi connectivity index (χ2v) is 8.80. The van der Waals surface area contributed by atoms with Crippen LogP contribution in [-0.4, -0.2) is 64.4 Å². The van der Waals surface area contributed by atoms with Crippen LogP contribution in [0.5, 0.6) is 5.75 Å². The molecule has 8 nitrogen and oxygen atoms in total. The van der Waals surface area contributed by atoms with Gasteiger partial charge in [-0.05, 0) is 57.0 Å². The van der Waals surface area contributed by atoms with E-state index in [0.29, 0.717) is 23.0 Å². The lowest BCUT2D eigenvalue weighted by atomic mass is 9.98. The Morgan fingerprint density at radius 3 is 2.59 bits per heavy atom. The van der Waals surface area contributed by atoms with E-state index in [9.17, 15) is 9.90 Å². The number of carbonyl (C=O) groups excluding carboxylic acids is 1. The van der Waals surface area contributed by atoms with Crippen molar-refractivity contribution in [3.63, 3.8) is 0 Å². The number of carbonyl (C=O) groups is 1. The van der Waals surface area contributed by atoms with Crippen molar-refractivity contribution in [2.45, 2.75) is 51.6 Å². The Balaban J connectivity index is 1.52. The van der Waals surface area contributed by atoms with Crippen LogP contribution in [0.4, 0.5) is 11.5 Å². The molecule has 8 heteroatoms. The number of nitrogens with two attached hydrogens (primary N) is 1. The molecule has 2 aliphatic rings. The van der Waals surface area contributed by atoms with Crippen molar-refractivity contribution in [1.29, 1.82) is 0 Å². The summed E-state index contributed by atoms with van der Waals surface area (Å²) in [6, 6.07) is 9.37. The first-order valence-corrected chi connectivity index (χ1v) is 11.7. The van der Waals surface area contributed by atoms with E-state index in [1.165, 1.54) is 0 Å². The fourth-order valence-corrected chi connectivity index (χ4v) is 5.09. The molecule has 0 saturated carbocycles. The molecule has 1 amide bonds. The van der Waals surface area contributed by atoms with Gasteiger partial charge < -0.3 is 26.0 Å². The van der Waals surface area contributed by atoms with Gasteiger partial charge in [0.2, 0.25) is 5.91 Å². The Bertz CT molecular complexity index is 938. The minimum atomic E-state index is 0.0732. The van der Waals surface area contributed by atoms with Crippen molar-refractivity contribution < 1.29 is 9.90 Å². The number of phenols is 1. The van der Waals surface area contributed by atoms with Crippen LogP contribution in [0.3, 0.4) is 0 Å². The number of fused-ring (bicyclic) bond motifs is 2. The zero-order valence-electron chi connectivity index (χ0n) is 19.0. The first kappa shape index (κ1) is 22.3. The van der Waals surface area contributed by atoms with E-state index in [1.54, 1.807) is 12.1 Å². The first-order chi connectivity index (χ1) is 15.5. The number of aromatic nitrogens is 2. The number of rotatable bonds is 8. The zero-order chi connectivity index (χ0) is 22.7. The molecule has 0 aliphatic carbocycles. The van der Waals surface area contributed by atoms with E-state index in [-0.39, 0.29) is 23.8 Å². The molecular formula is C24H34N6O2. The molecule has 4 rings (SSSR count). The van der Waals surface area contributed by atoms with Crippen molar-refractivity contribution in [3.8, 4) is 17.0 Å². The van der Waals surface area contributed by atoms with Crippen LogP contribution in [0.2, 0.25) is 0 Å². The molecule has 32 heavy (non-hydrogen) atoms. The van der Waals surface area contributed by atoms with E-state index in [4.69, 9.17) is 5.73 Å². The number of anilines is 2. The standard InChI is InChI=1S/C24H34N6O2/c1-3-16(11-12-26-4-2)24(32)30-17-9-10-18(30)15-29(14-17)21-13-20(27-28-23(21)25)19-7-5-6-8-22(19)31/h5-8,13,16-18,26,31H,3-4,9-12,14-15H2,1-2H3,(H2,25,28). The summed E-state index contributed by atoms with van der Waals surface area (Å²) in [5.74, 6) is 0.911. The van der Waals surface area contributed by atoms with E-state index in [1.807, 2.05) is 18.2 Å². The van der Waals surface area contributed by atoms with Crippen LogP contribution < -0.4 is 16.0 Å². The second-order valence-electron chi connectivity index (χ2n) is 8.80. The van der Waals surface area contributed by atoms with Crippen LogP contribution >= 0.6 is 0 Å². The number of nitrogen functional groups attached to an aromatic ring is 1. The molecule has 1 aromatic carbocycles. The molecule has 2 fully saturated rings. The summed E-state index contributed by atoms with van der Waals surface area (Å²) >= 11 is 0. The van der Waals surface area contributed by atoms with Crippen molar-refractivity contribution in [1.82, 2.24) is 20.4 Å². The number of hydrogen-bond acceptors (Lipinski definition) is 7. The van der Waals surface area contributed by atoms with E-state index >= 15 is 0 Å². The van der Waals surface area contributed by atoms with Gasteiger partial charge in [-0.2, -0.15) is 0 Å². The summed E-state index contributed by atoms with van der Waals surface area (Å²) in [5, 5.41) is 21.9. The van der Waals surface area contributed by atoms with Gasteiger partial charge in [-0.3, -0.25) is 4.79 Å². The Labute approximate surface area is 189 Å². The number of nitrogens with one attached hydrogen (secondary N) is 1. The molecular weight excluding hydrogens is 404 g/mol. The SMILES string of the molecule is CCNCCC(CC)C(=O)N1C2CCC1CN(c1cc(-c3ccccc3O)nnc1N)C2. The Kier molecular flexibility index (Phi) is 6.79. The molecule has 2 bridgehead atoms. The molecule has 3 heterocycles. The van der Waals surface area contributed by atoms with Crippen LogP contribution in [-0.2, 0) is 4.79 Å². The maximum Gasteiger partial charge on any atom is 0.226 e. The lowest BCUT2D eigenvalue weighted by molar-refractivity contribution is -0.139. The third kappa shape index (κ3) is 4.37. The number of piperazine rings is 1. The molecule has 0 spiro atoms. The number of amides is 1. The van der Waals surface area contributed by atoms with Crippen LogP contribution in [0.25, 0.3) is 11.3 Å². The maximum absolute atomic E-state index is 13.4. The number of phenolic OH excluding ortho intramolecular Hbond substituents is 1. The molecule has 2 saturated heterocycles. The average Bonchev–Trinajstić information content (AvgIpc) is 3.06. The number of aromatic hydroxyl groups is 1. The van der Waals surface area contributed by atoms with Gasteiger partial charge in [-0.25, -0.2) is 0 Å². The normalized spacial score (nSPS) is 21.1. The van der Waals surface area contributed by atoms with Crippen LogP contribution in [0.1, 0.15) is 39.5 Å². The van der Waals surface area contributed by atoms with Crippen LogP contribution in [0.15, 0.2) is 30.3 Å². The largest absolute Gasteiger partial charge is 0.507 e. The monoisotopic (exact) mass is 438 g/mol. The summed E-state index contributed by atoms with van der Waals surface area (Å²) in [6.07, 6.45) is 3.78. The predicted octanol–water partition coefficient (Wildman–Crippen LogP) is 2.64. The highest BCUT2D eigenvalue weighted by Crippen LogP contribution is 2.37. The minimum Gasteiger partial charge on any atom is -0.507 e. The van der Waals surface area contributed by atoms with Crippen LogP contribution in [0, 0.1) is 5.92 Å². The van der Waals surface area contributed by atoms with E-state index in [0.717, 1.165) is 57.5 Å². The molecule has 4 N–H and O–H groups in total. The predicted molar refractivity (Wildman–Crippen MR) is 126 cm³/mol. The molecule has 172 valence electrons. The summed E-state index contributed by atoms with van der Waals surface area (Å²) in [6.45, 7) is 7.48. The highest BCUT2D eigenvalue weighted by Gasteiger charge is 2.44. The van der Waals surface area contributed by atoms with Gasteiger partial charge in [-0.1, -0.05) is 26.0 Å². The van der Waals surface area contributed by atoms with Gasteiger partial charge in [-0.15, -0.1) is 10.2 Å². The number of nitrogens with zero attached hydrogens (tertiary/aromatic N) is 4. The van der Waals surface area contributed by atoms with Gasteiger partial charge in [0.1, 0.15) is 5.75 Å². The minimum absolute atomic E-state index is 0.0732. The lowest BCUT2D eigenvalue weighted by Crippen LogP contribution is -2.57. The van der Waals surface area contributed by atoms with Gasteiger partial charge in [0.05, 0.1) is 11.4 Å². The lowest BCUT2D eigenvalue weighted by Gasteiger charge is -2.43. The van der Waals surface area contributed by atoms with E-state index < -0.39 is 0 Å². The second kappa shape index (κ2) is 9.73. The Hall–Kier alpha value is -2.87. The Morgan fingerprint density at radius 1 is 1.22 bits per heavy atom. The molecule has 3 unspecified atom stereocenters. The third-order valence-corrected chi connectivity index (χ3v) is 6.82. The molecule has 0 radical (unpaired) electrons. The van der Waals surface area contributed by atoms with E-state index in [2.05, 4.69) is 39.2 Å². The highest BCUT2D eigenvalue weighted by atomic mass is 16.3. The summed E-state index contributed by atoms with van der Waals surface area (Å²) in [5.41, 5.74) is 8.26. The van der Waals surface area contributed by atoms with Crippen molar-refractivity contribution in [3.05, 3.63) is 30.3 Å². The van der Waals surface area contributed by atoms with Crippen molar-refractivity contribution in [2.24, 2.45) is 5.92 Å². The highest BCUT2D eigenvalue weighted by molar-refractivity contribution is 5.81. The summed E-state index contributed by atoms with van der Waals surface area (Å²) < 4.78 is 0. The zero-order valence-corrected chi connectivity index (χ0v) is 19.0. The number of hydrogen-bond donors (Lipinski definition) is 3. The van der Waals surface area contributed by atoms with Crippen molar-refractivity contribution >= 4 is 17.4 Å². The molecule has 2 aromatic rings. The molecule has 1 aromatic heterocycles. The van der Waals surface area contributed by atoms with Gasteiger partial charge >= 0.3 is 0 Å². The maximum atomic E-state index is 13.4. The third-order valence-electron chi connectivity index (χ3n) is 6.82. The summed E-state index contributed by atoms with van der Waals surface area (Å²) in [4.78, 5) is 17.8. The quantitative estimate of drug-likeness (QED) is 0.544. The summed E-state index contributed by atoms with van der Waals surface area (Å²) in [7, 11) is 0. The topological polar surface area (TPSA) is 108 Å². The first-order valence-electron chi connectivity index (χ1n) is 11.7. The van der Waals surface area contributed by atoms with Gasteiger partial charge in [0.15, 0.2) is 5.82 Å². The molecule has 2 aliphatic heterocycles. The smallest absolute Gasteiger partial charge is 0.226 e. The van der Waals surface area contributed by atoms with Crippen molar-refractivity contribution in [2.75, 3.05) is 36.8 Å². The fourth-order valence-electron chi connectivity index (χ4n) is 5.09. The number of para-hydroxylation sites is 1. The van der Waals surface area contributed by atoms with Gasteiger partial charge in [0, 0.05) is 36.7 Å².